The Labute approximate surface area is 158 Å². The van der Waals surface area contributed by atoms with Crippen molar-refractivity contribution in [2.45, 2.75) is 19.5 Å². The summed E-state index contributed by atoms with van der Waals surface area (Å²) in [6.45, 7) is 8.29. The lowest BCUT2D eigenvalue weighted by atomic mass is 10.0. The summed E-state index contributed by atoms with van der Waals surface area (Å²) in [4.78, 5) is 6.27. The molecule has 1 aliphatic heterocycles. The van der Waals surface area contributed by atoms with Gasteiger partial charge < -0.3 is 4.90 Å². The number of piperazine rings is 1. The highest BCUT2D eigenvalue weighted by molar-refractivity contribution is 7.09. The molecule has 6 nitrogen and oxygen atoms in total. The highest BCUT2D eigenvalue weighted by atomic mass is 32.1. The van der Waals surface area contributed by atoms with Crippen molar-refractivity contribution in [3.05, 3.63) is 64.1 Å². The van der Waals surface area contributed by atoms with Gasteiger partial charge in [0, 0.05) is 31.1 Å². The van der Waals surface area contributed by atoms with Crippen LogP contribution in [0.5, 0.6) is 0 Å². The van der Waals surface area contributed by atoms with Crippen molar-refractivity contribution in [2.75, 3.05) is 32.7 Å². The van der Waals surface area contributed by atoms with Crippen LogP contribution in [0.3, 0.4) is 0 Å². The van der Waals surface area contributed by atoms with Crippen LogP contribution in [-0.2, 0) is 6.54 Å². The summed E-state index contributed by atoms with van der Waals surface area (Å²) in [5.41, 5.74) is 1.25. The molecule has 3 heterocycles. The van der Waals surface area contributed by atoms with Crippen LogP contribution in [0.15, 0.2) is 47.8 Å². The first kappa shape index (κ1) is 17.3. The van der Waals surface area contributed by atoms with Gasteiger partial charge in [0.2, 0.25) is 0 Å². The quantitative estimate of drug-likeness (QED) is 0.669. The molecule has 2 aromatic heterocycles. The van der Waals surface area contributed by atoms with Gasteiger partial charge in [-0.25, -0.2) is 4.68 Å². The van der Waals surface area contributed by atoms with E-state index >= 15 is 0 Å². The fourth-order valence-corrected chi connectivity index (χ4v) is 4.25. The Bertz CT molecular complexity index is 793. The zero-order valence-electron chi connectivity index (χ0n) is 15.0. The number of thiophene rings is 1. The van der Waals surface area contributed by atoms with E-state index < -0.39 is 0 Å². The molecule has 1 fully saturated rings. The van der Waals surface area contributed by atoms with Gasteiger partial charge in [0.25, 0.3) is 0 Å². The lowest BCUT2D eigenvalue weighted by Gasteiger charge is -2.38. The molecule has 3 aromatic rings. The molecule has 0 N–H and O–H groups in total. The zero-order valence-corrected chi connectivity index (χ0v) is 15.8. The van der Waals surface area contributed by atoms with Crippen molar-refractivity contribution in [1.82, 2.24) is 30.0 Å². The summed E-state index contributed by atoms with van der Waals surface area (Å²) in [7, 11) is 0. The molecule has 1 aliphatic rings. The number of benzene rings is 1. The molecule has 0 amide bonds. The highest BCUT2D eigenvalue weighted by Crippen LogP contribution is 2.28. The average Bonchev–Trinajstić information content (AvgIpc) is 3.37. The SMILES string of the molecule is CCN1CCN([C@H](c2ccccc2)c2nnnn2Cc2cccs2)CC1. The van der Waals surface area contributed by atoms with Crippen LogP contribution in [0.1, 0.15) is 29.2 Å². The molecule has 4 rings (SSSR count). The Morgan fingerprint density at radius 3 is 2.54 bits per heavy atom. The average molecular weight is 369 g/mol. The molecule has 1 atom stereocenters. The van der Waals surface area contributed by atoms with Gasteiger partial charge in [-0.1, -0.05) is 43.3 Å². The maximum Gasteiger partial charge on any atom is 0.173 e. The molecule has 0 radical (unpaired) electrons. The smallest absolute Gasteiger partial charge is 0.173 e. The van der Waals surface area contributed by atoms with Gasteiger partial charge in [-0.15, -0.1) is 16.4 Å². The lowest BCUT2D eigenvalue weighted by molar-refractivity contribution is 0.108. The highest BCUT2D eigenvalue weighted by Gasteiger charge is 2.30. The Morgan fingerprint density at radius 1 is 1.04 bits per heavy atom. The van der Waals surface area contributed by atoms with Crippen LogP contribution in [0, 0.1) is 0 Å². The second kappa shape index (κ2) is 8.07. The van der Waals surface area contributed by atoms with Crippen LogP contribution in [-0.4, -0.2) is 62.7 Å². The Morgan fingerprint density at radius 2 is 1.85 bits per heavy atom. The minimum absolute atomic E-state index is 0.0881. The van der Waals surface area contributed by atoms with E-state index in [2.05, 4.69) is 80.1 Å². The molecule has 0 bridgehead atoms. The van der Waals surface area contributed by atoms with Crippen molar-refractivity contribution in [2.24, 2.45) is 0 Å². The van der Waals surface area contributed by atoms with E-state index in [1.54, 1.807) is 11.3 Å². The number of aromatic nitrogens is 4. The first-order chi connectivity index (χ1) is 12.8. The molecule has 0 spiro atoms. The largest absolute Gasteiger partial charge is 0.301 e. The number of hydrogen-bond donors (Lipinski definition) is 0. The molecular weight excluding hydrogens is 344 g/mol. The van der Waals surface area contributed by atoms with Crippen molar-refractivity contribution in [1.29, 1.82) is 0 Å². The minimum atomic E-state index is 0.0881. The maximum atomic E-state index is 4.44. The molecular formula is C19H24N6S. The number of likely N-dealkylation sites (N-methyl/N-ethyl adjacent to an activating group) is 1. The third-order valence-electron chi connectivity index (χ3n) is 5.02. The second-order valence-electron chi connectivity index (χ2n) is 6.56. The maximum absolute atomic E-state index is 4.44. The fraction of sp³-hybridized carbons (Fsp3) is 0.421. The molecule has 0 unspecified atom stereocenters. The second-order valence-corrected chi connectivity index (χ2v) is 7.59. The van der Waals surface area contributed by atoms with Gasteiger partial charge in [0.1, 0.15) is 0 Å². The van der Waals surface area contributed by atoms with E-state index in [1.807, 2.05) is 4.68 Å². The Kier molecular flexibility index (Phi) is 5.38. The van der Waals surface area contributed by atoms with Crippen LogP contribution in [0.25, 0.3) is 0 Å². The third-order valence-corrected chi connectivity index (χ3v) is 5.89. The van der Waals surface area contributed by atoms with E-state index in [9.17, 15) is 0 Å². The summed E-state index contributed by atoms with van der Waals surface area (Å²) in [6.07, 6.45) is 0. The fourth-order valence-electron chi connectivity index (χ4n) is 3.57. The van der Waals surface area contributed by atoms with Gasteiger partial charge in [0.05, 0.1) is 12.6 Å². The molecule has 136 valence electrons. The van der Waals surface area contributed by atoms with Crippen LogP contribution in [0.2, 0.25) is 0 Å². The number of rotatable bonds is 6. The molecule has 26 heavy (non-hydrogen) atoms. The number of hydrogen-bond acceptors (Lipinski definition) is 6. The van der Waals surface area contributed by atoms with Crippen molar-refractivity contribution >= 4 is 11.3 Å². The predicted octanol–water partition coefficient (Wildman–Crippen LogP) is 2.51. The van der Waals surface area contributed by atoms with Crippen LogP contribution in [0.4, 0.5) is 0 Å². The monoisotopic (exact) mass is 368 g/mol. The van der Waals surface area contributed by atoms with Crippen molar-refractivity contribution in [3.63, 3.8) is 0 Å². The van der Waals surface area contributed by atoms with Gasteiger partial charge in [0.15, 0.2) is 5.82 Å². The summed E-state index contributed by atoms with van der Waals surface area (Å²) in [6, 6.07) is 14.9. The summed E-state index contributed by atoms with van der Waals surface area (Å²) in [5, 5.41) is 14.8. The number of nitrogens with zero attached hydrogens (tertiary/aromatic N) is 6. The first-order valence-corrected chi connectivity index (χ1v) is 10.0. The van der Waals surface area contributed by atoms with E-state index in [0.717, 1.165) is 45.1 Å². The summed E-state index contributed by atoms with van der Waals surface area (Å²) in [5.74, 6) is 0.926. The minimum Gasteiger partial charge on any atom is -0.301 e. The van der Waals surface area contributed by atoms with Crippen molar-refractivity contribution in [3.8, 4) is 0 Å². The standard InChI is InChI=1S/C19H24N6S/c1-2-23-10-12-24(13-11-23)18(16-7-4-3-5-8-16)19-20-21-22-25(19)15-17-9-6-14-26-17/h3-9,14,18H,2,10-13,15H2,1H3/t18-/m1/s1. The van der Waals surface area contributed by atoms with E-state index in [4.69, 9.17) is 0 Å². The molecule has 0 aliphatic carbocycles. The molecule has 1 saturated heterocycles. The summed E-state index contributed by atoms with van der Waals surface area (Å²) < 4.78 is 1.95. The van der Waals surface area contributed by atoms with E-state index in [0.29, 0.717) is 0 Å². The first-order valence-electron chi connectivity index (χ1n) is 9.15. The molecule has 7 heteroatoms. The molecule has 0 saturated carbocycles. The normalized spacial score (nSPS) is 17.4. The van der Waals surface area contributed by atoms with Crippen molar-refractivity contribution < 1.29 is 0 Å². The number of tetrazole rings is 1. The predicted molar refractivity (Wildman–Crippen MR) is 103 cm³/mol. The summed E-state index contributed by atoms with van der Waals surface area (Å²) >= 11 is 1.74. The van der Waals surface area contributed by atoms with Crippen LogP contribution < -0.4 is 0 Å². The van der Waals surface area contributed by atoms with Crippen LogP contribution >= 0.6 is 11.3 Å². The Hall–Kier alpha value is -2.09. The van der Waals surface area contributed by atoms with Gasteiger partial charge in [-0.3, -0.25) is 4.90 Å². The van der Waals surface area contributed by atoms with E-state index in [-0.39, 0.29) is 6.04 Å². The third kappa shape index (κ3) is 3.70. The van der Waals surface area contributed by atoms with Gasteiger partial charge in [-0.05, 0) is 34.0 Å². The lowest BCUT2D eigenvalue weighted by Crippen LogP contribution is -2.48. The van der Waals surface area contributed by atoms with E-state index in [1.165, 1.54) is 10.4 Å². The van der Waals surface area contributed by atoms with Gasteiger partial charge in [-0.2, -0.15) is 0 Å². The molecule has 1 aromatic carbocycles. The topological polar surface area (TPSA) is 50.1 Å². The van der Waals surface area contributed by atoms with Gasteiger partial charge >= 0.3 is 0 Å². The Balaban J connectivity index is 1.65. The zero-order chi connectivity index (χ0) is 17.8.